The van der Waals surface area contributed by atoms with Crippen LogP contribution in [-0.2, 0) is 0 Å². The summed E-state index contributed by atoms with van der Waals surface area (Å²) in [5.41, 5.74) is 5.91. The van der Waals surface area contributed by atoms with E-state index in [4.69, 9.17) is 18.0 Å². The van der Waals surface area contributed by atoms with Crippen LogP contribution in [0.3, 0.4) is 0 Å². The van der Waals surface area contributed by atoms with Crippen LogP contribution < -0.4 is 5.73 Å². The van der Waals surface area contributed by atoms with E-state index in [0.717, 1.165) is 6.54 Å². The Kier molecular flexibility index (Phi) is 2.74. The van der Waals surface area contributed by atoms with Gasteiger partial charge in [-0.2, -0.15) is 0 Å². The first kappa shape index (κ1) is 9.93. The van der Waals surface area contributed by atoms with Crippen LogP contribution in [0.1, 0.15) is 33.6 Å². The minimum atomic E-state index is 0.248. The van der Waals surface area contributed by atoms with E-state index >= 15 is 0 Å². The van der Waals surface area contributed by atoms with Gasteiger partial charge in [0.15, 0.2) is 0 Å². The SMILES string of the molecule is CC(C(N)=S)N1CCCC1(C)C. The molecule has 0 aromatic carbocycles. The molecule has 70 valence electrons. The van der Waals surface area contributed by atoms with Crippen molar-refractivity contribution in [1.29, 1.82) is 0 Å². The van der Waals surface area contributed by atoms with Gasteiger partial charge in [0.1, 0.15) is 0 Å². The number of thiocarbonyl (C=S) groups is 1. The van der Waals surface area contributed by atoms with Crippen LogP contribution >= 0.6 is 12.2 Å². The second-order valence-corrected chi connectivity index (χ2v) is 4.66. The van der Waals surface area contributed by atoms with E-state index in [9.17, 15) is 0 Å². The smallest absolute Gasteiger partial charge is 0.0899 e. The number of nitrogens with zero attached hydrogens (tertiary/aromatic N) is 1. The van der Waals surface area contributed by atoms with Gasteiger partial charge in [-0.25, -0.2) is 0 Å². The van der Waals surface area contributed by atoms with Crippen molar-refractivity contribution in [3.8, 4) is 0 Å². The first-order valence-corrected chi connectivity index (χ1v) is 4.92. The van der Waals surface area contributed by atoms with Crippen molar-refractivity contribution in [1.82, 2.24) is 4.90 Å². The molecule has 2 N–H and O–H groups in total. The van der Waals surface area contributed by atoms with Crippen LogP contribution in [0.15, 0.2) is 0 Å². The zero-order valence-corrected chi connectivity index (χ0v) is 8.95. The van der Waals surface area contributed by atoms with Crippen molar-refractivity contribution < 1.29 is 0 Å². The largest absolute Gasteiger partial charge is 0.392 e. The van der Waals surface area contributed by atoms with Gasteiger partial charge in [-0.15, -0.1) is 0 Å². The third kappa shape index (κ3) is 1.77. The maximum absolute atomic E-state index is 5.63. The van der Waals surface area contributed by atoms with Crippen molar-refractivity contribution in [2.24, 2.45) is 5.73 Å². The zero-order chi connectivity index (χ0) is 9.35. The summed E-state index contributed by atoms with van der Waals surface area (Å²) in [7, 11) is 0. The van der Waals surface area contributed by atoms with Crippen molar-refractivity contribution in [2.45, 2.75) is 45.2 Å². The molecule has 0 aromatic heterocycles. The Morgan fingerprint density at radius 2 is 2.17 bits per heavy atom. The molecule has 1 aliphatic rings. The molecule has 1 rings (SSSR count). The molecule has 1 saturated heterocycles. The number of nitrogens with two attached hydrogens (primary N) is 1. The fourth-order valence-corrected chi connectivity index (χ4v) is 2.13. The molecule has 0 amide bonds. The third-order valence-corrected chi connectivity index (χ3v) is 3.19. The summed E-state index contributed by atoms with van der Waals surface area (Å²) in [6.45, 7) is 7.74. The monoisotopic (exact) mass is 186 g/mol. The highest BCUT2D eigenvalue weighted by Gasteiger charge is 2.35. The lowest BCUT2D eigenvalue weighted by molar-refractivity contribution is 0.159. The Bertz CT molecular complexity index is 189. The third-order valence-electron chi connectivity index (χ3n) is 2.84. The van der Waals surface area contributed by atoms with Crippen molar-refractivity contribution in [2.75, 3.05) is 6.54 Å². The number of hydrogen-bond acceptors (Lipinski definition) is 2. The molecule has 1 atom stereocenters. The number of likely N-dealkylation sites (tertiary alicyclic amines) is 1. The van der Waals surface area contributed by atoms with E-state index in [1.54, 1.807) is 0 Å². The summed E-state index contributed by atoms with van der Waals surface area (Å²) in [6, 6.07) is 0.248. The van der Waals surface area contributed by atoms with Crippen LogP contribution in [0, 0.1) is 0 Å². The molecule has 0 bridgehead atoms. The van der Waals surface area contributed by atoms with Gasteiger partial charge in [0.05, 0.1) is 11.0 Å². The predicted molar refractivity (Wildman–Crippen MR) is 56.3 cm³/mol. The summed E-state index contributed by atoms with van der Waals surface area (Å²) >= 11 is 4.99. The first-order valence-electron chi connectivity index (χ1n) is 4.51. The molecule has 0 spiro atoms. The van der Waals surface area contributed by atoms with E-state index in [2.05, 4.69) is 25.7 Å². The summed E-state index contributed by atoms with van der Waals surface area (Å²) in [4.78, 5) is 3.01. The fourth-order valence-electron chi connectivity index (χ4n) is 2.00. The molecule has 1 heterocycles. The van der Waals surface area contributed by atoms with E-state index in [1.807, 2.05) is 0 Å². The molecule has 1 fully saturated rings. The second-order valence-electron chi connectivity index (χ2n) is 4.19. The standard InChI is InChI=1S/C9H18N2S/c1-7(8(10)12)11-6-4-5-9(11,2)3/h7H,4-6H2,1-3H3,(H2,10,12). The highest BCUT2D eigenvalue weighted by molar-refractivity contribution is 7.80. The van der Waals surface area contributed by atoms with Gasteiger partial charge in [0.25, 0.3) is 0 Å². The lowest BCUT2D eigenvalue weighted by atomic mass is 10.0. The molecule has 0 aliphatic carbocycles. The molecule has 2 nitrogen and oxygen atoms in total. The molecule has 1 aliphatic heterocycles. The van der Waals surface area contributed by atoms with Crippen LogP contribution in [0.4, 0.5) is 0 Å². The number of hydrogen-bond donors (Lipinski definition) is 1. The fraction of sp³-hybridized carbons (Fsp3) is 0.889. The summed E-state index contributed by atoms with van der Waals surface area (Å²) < 4.78 is 0. The van der Waals surface area contributed by atoms with E-state index in [-0.39, 0.29) is 11.6 Å². The van der Waals surface area contributed by atoms with Crippen LogP contribution in [0.2, 0.25) is 0 Å². The van der Waals surface area contributed by atoms with E-state index in [1.165, 1.54) is 12.8 Å². The molecular formula is C9H18N2S. The van der Waals surface area contributed by atoms with E-state index in [0.29, 0.717) is 4.99 Å². The second kappa shape index (κ2) is 3.30. The van der Waals surface area contributed by atoms with Gasteiger partial charge >= 0.3 is 0 Å². The van der Waals surface area contributed by atoms with Crippen LogP contribution in [-0.4, -0.2) is 28.0 Å². The summed E-state index contributed by atoms with van der Waals surface area (Å²) in [5, 5.41) is 0. The van der Waals surface area contributed by atoms with Crippen molar-refractivity contribution in [3.05, 3.63) is 0 Å². The Morgan fingerprint density at radius 3 is 2.50 bits per heavy atom. The zero-order valence-electron chi connectivity index (χ0n) is 8.13. The van der Waals surface area contributed by atoms with Gasteiger partial charge in [-0.3, -0.25) is 4.90 Å². The van der Waals surface area contributed by atoms with Crippen molar-refractivity contribution in [3.63, 3.8) is 0 Å². The van der Waals surface area contributed by atoms with Gasteiger partial charge in [-0.1, -0.05) is 12.2 Å². The maximum atomic E-state index is 5.63. The van der Waals surface area contributed by atoms with Gasteiger partial charge in [0, 0.05) is 5.54 Å². The normalized spacial score (nSPS) is 25.6. The molecule has 0 radical (unpaired) electrons. The highest BCUT2D eigenvalue weighted by atomic mass is 32.1. The molecule has 12 heavy (non-hydrogen) atoms. The highest BCUT2D eigenvalue weighted by Crippen LogP contribution is 2.29. The van der Waals surface area contributed by atoms with Crippen molar-refractivity contribution >= 4 is 17.2 Å². The van der Waals surface area contributed by atoms with Gasteiger partial charge < -0.3 is 5.73 Å². The summed E-state index contributed by atoms with van der Waals surface area (Å²) in [5.74, 6) is 0. The molecular weight excluding hydrogens is 168 g/mol. The lowest BCUT2D eigenvalue weighted by Crippen LogP contribution is -2.49. The average Bonchev–Trinajstić information content (AvgIpc) is 2.27. The Morgan fingerprint density at radius 1 is 1.58 bits per heavy atom. The Hall–Kier alpha value is -0.150. The maximum Gasteiger partial charge on any atom is 0.0899 e. The predicted octanol–water partition coefficient (Wildman–Crippen LogP) is 1.54. The average molecular weight is 186 g/mol. The minimum Gasteiger partial charge on any atom is -0.392 e. The molecule has 1 unspecified atom stereocenters. The van der Waals surface area contributed by atoms with Crippen LogP contribution in [0.5, 0.6) is 0 Å². The Balaban J connectivity index is 2.68. The topological polar surface area (TPSA) is 29.3 Å². The molecule has 0 saturated carbocycles. The van der Waals surface area contributed by atoms with Crippen LogP contribution in [0.25, 0.3) is 0 Å². The summed E-state index contributed by atoms with van der Waals surface area (Å²) in [6.07, 6.45) is 2.51. The quantitative estimate of drug-likeness (QED) is 0.663. The van der Waals surface area contributed by atoms with Gasteiger partial charge in [0.2, 0.25) is 0 Å². The Labute approximate surface area is 80.1 Å². The first-order chi connectivity index (χ1) is 5.45. The van der Waals surface area contributed by atoms with Gasteiger partial charge in [-0.05, 0) is 40.2 Å². The molecule has 3 heteroatoms. The number of rotatable bonds is 2. The van der Waals surface area contributed by atoms with E-state index < -0.39 is 0 Å². The minimum absolute atomic E-state index is 0.248. The lowest BCUT2D eigenvalue weighted by Gasteiger charge is -2.36. The molecule has 0 aromatic rings.